The summed E-state index contributed by atoms with van der Waals surface area (Å²) in [7, 11) is 0. The molecule has 0 amide bonds. The molecular formula is C24H22N4. The lowest BCUT2D eigenvalue weighted by Gasteiger charge is -2.38. The van der Waals surface area contributed by atoms with Gasteiger partial charge in [0.1, 0.15) is 0 Å². The predicted molar refractivity (Wildman–Crippen MR) is 114 cm³/mol. The largest absolute Gasteiger partial charge is 0.321 e. The van der Waals surface area contributed by atoms with Gasteiger partial charge in [0.05, 0.1) is 17.6 Å². The lowest BCUT2D eigenvalue weighted by Crippen LogP contribution is -2.43. The lowest BCUT2D eigenvalue weighted by atomic mass is 9.72. The van der Waals surface area contributed by atoms with Crippen molar-refractivity contribution in [3.63, 3.8) is 0 Å². The Morgan fingerprint density at radius 1 is 1.00 bits per heavy atom. The monoisotopic (exact) mass is 366 g/mol. The van der Waals surface area contributed by atoms with Crippen LogP contribution >= 0.6 is 0 Å². The van der Waals surface area contributed by atoms with Crippen LogP contribution in [0.4, 0.5) is 0 Å². The lowest BCUT2D eigenvalue weighted by molar-refractivity contribution is 0.253. The van der Waals surface area contributed by atoms with Crippen LogP contribution in [0.3, 0.4) is 0 Å². The Morgan fingerprint density at radius 3 is 2.39 bits per heavy atom. The van der Waals surface area contributed by atoms with Crippen molar-refractivity contribution in [3.8, 4) is 22.4 Å². The number of nitrogens with zero attached hydrogens (tertiary/aromatic N) is 3. The first-order valence-corrected chi connectivity index (χ1v) is 9.64. The SMILES string of the molecule is C=Cc1cnc2nc(-c3ccc(C4(N)CCC4)cc3)c(-c3ccccc3)cn12. The van der Waals surface area contributed by atoms with E-state index in [4.69, 9.17) is 10.7 Å². The molecule has 138 valence electrons. The summed E-state index contributed by atoms with van der Waals surface area (Å²) in [5.41, 5.74) is 12.6. The Hall–Kier alpha value is -3.24. The molecule has 4 heteroatoms. The van der Waals surface area contributed by atoms with Crippen LogP contribution in [0.2, 0.25) is 0 Å². The quantitative estimate of drug-likeness (QED) is 0.550. The van der Waals surface area contributed by atoms with Crippen LogP contribution < -0.4 is 5.73 Å². The van der Waals surface area contributed by atoms with Crippen molar-refractivity contribution in [2.24, 2.45) is 5.73 Å². The number of hydrogen-bond donors (Lipinski definition) is 1. The first-order chi connectivity index (χ1) is 13.7. The molecule has 1 saturated carbocycles. The maximum atomic E-state index is 6.49. The highest BCUT2D eigenvalue weighted by Crippen LogP contribution is 2.39. The van der Waals surface area contributed by atoms with E-state index in [2.05, 4.69) is 54.2 Å². The second kappa shape index (κ2) is 6.43. The molecule has 2 N–H and O–H groups in total. The Labute approximate surface area is 164 Å². The van der Waals surface area contributed by atoms with Crippen LogP contribution in [-0.2, 0) is 5.54 Å². The normalized spacial score (nSPS) is 15.3. The maximum Gasteiger partial charge on any atom is 0.234 e. The molecule has 1 aliphatic carbocycles. The third kappa shape index (κ3) is 2.65. The second-order valence-corrected chi connectivity index (χ2v) is 7.51. The molecule has 0 spiro atoms. The summed E-state index contributed by atoms with van der Waals surface area (Å²) in [5, 5.41) is 0. The summed E-state index contributed by atoms with van der Waals surface area (Å²) in [6, 6.07) is 18.9. The van der Waals surface area contributed by atoms with Crippen molar-refractivity contribution in [3.05, 3.63) is 84.8 Å². The summed E-state index contributed by atoms with van der Waals surface area (Å²) in [6.07, 6.45) is 9.02. The van der Waals surface area contributed by atoms with Gasteiger partial charge in [0.25, 0.3) is 0 Å². The van der Waals surface area contributed by atoms with E-state index in [1.165, 1.54) is 12.0 Å². The number of rotatable bonds is 4. The van der Waals surface area contributed by atoms with Gasteiger partial charge in [-0.25, -0.2) is 9.97 Å². The topological polar surface area (TPSA) is 56.2 Å². The fourth-order valence-electron chi connectivity index (χ4n) is 3.94. The summed E-state index contributed by atoms with van der Waals surface area (Å²) >= 11 is 0. The Balaban J connectivity index is 1.68. The van der Waals surface area contributed by atoms with Gasteiger partial charge in [0.15, 0.2) is 0 Å². The van der Waals surface area contributed by atoms with Crippen LogP contribution in [0, 0.1) is 0 Å². The van der Waals surface area contributed by atoms with Gasteiger partial charge >= 0.3 is 0 Å². The average Bonchev–Trinajstić information content (AvgIpc) is 3.14. The van der Waals surface area contributed by atoms with Crippen LogP contribution in [0.15, 0.2) is 73.6 Å². The Kier molecular flexibility index (Phi) is 3.88. The van der Waals surface area contributed by atoms with Crippen LogP contribution in [0.1, 0.15) is 30.5 Å². The second-order valence-electron chi connectivity index (χ2n) is 7.51. The molecule has 0 aliphatic heterocycles. The number of fused-ring (bicyclic) bond motifs is 1. The Bertz CT molecular complexity index is 1150. The molecule has 4 nitrogen and oxygen atoms in total. The highest BCUT2D eigenvalue weighted by atomic mass is 15.1. The van der Waals surface area contributed by atoms with Crippen molar-refractivity contribution >= 4 is 11.9 Å². The first kappa shape index (κ1) is 16.9. The minimum atomic E-state index is -0.153. The standard InChI is InChI=1S/C24H22N4/c1-2-20-15-26-23-27-22(21(16-28(20)23)17-7-4-3-5-8-17)18-9-11-19(12-10-18)24(25)13-6-14-24/h2-5,7-12,15-16H,1,6,13-14,25H2. The molecule has 2 heterocycles. The smallest absolute Gasteiger partial charge is 0.234 e. The predicted octanol–water partition coefficient (Wildman–Crippen LogP) is 5.04. The van der Waals surface area contributed by atoms with Gasteiger partial charge in [-0.2, -0.15) is 0 Å². The van der Waals surface area contributed by atoms with E-state index in [0.717, 1.165) is 40.9 Å². The van der Waals surface area contributed by atoms with E-state index in [1.54, 1.807) is 12.3 Å². The average molecular weight is 366 g/mol. The summed E-state index contributed by atoms with van der Waals surface area (Å²) in [6.45, 7) is 3.88. The van der Waals surface area contributed by atoms with Crippen molar-refractivity contribution in [1.29, 1.82) is 0 Å². The van der Waals surface area contributed by atoms with E-state index in [9.17, 15) is 0 Å². The van der Waals surface area contributed by atoms with E-state index in [-0.39, 0.29) is 5.54 Å². The molecule has 28 heavy (non-hydrogen) atoms. The first-order valence-electron chi connectivity index (χ1n) is 9.64. The minimum absolute atomic E-state index is 0.153. The third-order valence-corrected chi connectivity index (χ3v) is 5.80. The zero-order valence-corrected chi connectivity index (χ0v) is 15.7. The van der Waals surface area contributed by atoms with Crippen LogP contribution in [0.5, 0.6) is 0 Å². The van der Waals surface area contributed by atoms with Gasteiger partial charge in [-0.15, -0.1) is 0 Å². The molecule has 0 atom stereocenters. The molecule has 1 aliphatic rings. The number of hydrogen-bond acceptors (Lipinski definition) is 3. The highest BCUT2D eigenvalue weighted by Gasteiger charge is 2.34. The molecule has 1 fully saturated rings. The summed E-state index contributed by atoms with van der Waals surface area (Å²) in [4.78, 5) is 9.34. The van der Waals surface area contributed by atoms with Crippen molar-refractivity contribution in [2.75, 3.05) is 0 Å². The van der Waals surface area contributed by atoms with E-state index < -0.39 is 0 Å². The molecular weight excluding hydrogens is 344 g/mol. The Morgan fingerprint density at radius 2 is 1.75 bits per heavy atom. The van der Waals surface area contributed by atoms with Crippen LogP contribution in [-0.4, -0.2) is 14.4 Å². The summed E-state index contributed by atoms with van der Waals surface area (Å²) in [5.74, 6) is 0.669. The van der Waals surface area contributed by atoms with Gasteiger partial charge < -0.3 is 5.73 Å². The fourth-order valence-corrected chi connectivity index (χ4v) is 3.94. The van der Waals surface area contributed by atoms with Gasteiger partial charge in [0.2, 0.25) is 5.78 Å². The minimum Gasteiger partial charge on any atom is -0.321 e. The zero-order chi connectivity index (χ0) is 19.1. The molecule has 0 saturated heterocycles. The fraction of sp³-hybridized carbons (Fsp3) is 0.167. The van der Waals surface area contributed by atoms with E-state index in [0.29, 0.717) is 5.78 Å². The van der Waals surface area contributed by atoms with E-state index >= 15 is 0 Å². The molecule has 4 aromatic rings. The number of imidazole rings is 1. The highest BCUT2D eigenvalue weighted by molar-refractivity contribution is 5.81. The molecule has 5 rings (SSSR count). The number of aromatic nitrogens is 3. The van der Waals surface area contributed by atoms with Gasteiger partial charge in [-0.3, -0.25) is 4.40 Å². The number of nitrogens with two attached hydrogens (primary N) is 1. The third-order valence-electron chi connectivity index (χ3n) is 5.80. The van der Waals surface area contributed by atoms with Crippen molar-refractivity contribution in [1.82, 2.24) is 14.4 Å². The van der Waals surface area contributed by atoms with Crippen LogP contribution in [0.25, 0.3) is 34.2 Å². The van der Waals surface area contributed by atoms with Gasteiger partial charge in [-0.05, 0) is 36.5 Å². The van der Waals surface area contributed by atoms with Gasteiger partial charge in [0, 0.05) is 22.9 Å². The number of benzene rings is 2. The van der Waals surface area contributed by atoms with Crippen molar-refractivity contribution in [2.45, 2.75) is 24.8 Å². The maximum absolute atomic E-state index is 6.49. The molecule has 2 aromatic carbocycles. The summed E-state index contributed by atoms with van der Waals surface area (Å²) < 4.78 is 1.98. The van der Waals surface area contributed by atoms with Crippen molar-refractivity contribution < 1.29 is 0 Å². The molecule has 2 aromatic heterocycles. The van der Waals surface area contributed by atoms with Gasteiger partial charge in [-0.1, -0.05) is 61.2 Å². The molecule has 0 unspecified atom stereocenters. The molecule has 0 radical (unpaired) electrons. The molecule has 0 bridgehead atoms. The van der Waals surface area contributed by atoms with E-state index in [1.807, 2.05) is 22.6 Å². The zero-order valence-electron chi connectivity index (χ0n) is 15.7.